The SMILES string of the molecule is Cc1ccc(C)c(NC(=O)c2ccc(=O)n(Cc3ccccc3F)c2)c1. The zero-order chi connectivity index (χ0) is 18.7. The Morgan fingerprint density at radius 3 is 2.62 bits per heavy atom. The summed E-state index contributed by atoms with van der Waals surface area (Å²) in [5.41, 5.74) is 3.14. The number of aromatic nitrogens is 1. The maximum absolute atomic E-state index is 13.8. The van der Waals surface area contributed by atoms with Gasteiger partial charge >= 0.3 is 0 Å². The number of nitrogens with zero attached hydrogens (tertiary/aromatic N) is 1. The van der Waals surface area contributed by atoms with Crippen LogP contribution in [0.2, 0.25) is 0 Å². The van der Waals surface area contributed by atoms with Gasteiger partial charge in [0.05, 0.1) is 12.1 Å². The summed E-state index contributed by atoms with van der Waals surface area (Å²) in [6.07, 6.45) is 1.45. The van der Waals surface area contributed by atoms with Crippen molar-refractivity contribution in [3.63, 3.8) is 0 Å². The van der Waals surface area contributed by atoms with Crippen molar-refractivity contribution in [2.75, 3.05) is 5.32 Å². The van der Waals surface area contributed by atoms with E-state index < -0.39 is 0 Å². The van der Waals surface area contributed by atoms with Crippen molar-refractivity contribution in [2.24, 2.45) is 0 Å². The van der Waals surface area contributed by atoms with Crippen molar-refractivity contribution in [3.05, 3.63) is 99.2 Å². The van der Waals surface area contributed by atoms with Crippen molar-refractivity contribution in [1.29, 1.82) is 0 Å². The van der Waals surface area contributed by atoms with Gasteiger partial charge in [-0.25, -0.2) is 4.39 Å². The first kappa shape index (κ1) is 17.6. The third-order valence-electron chi connectivity index (χ3n) is 4.19. The number of pyridine rings is 1. The zero-order valence-corrected chi connectivity index (χ0v) is 14.6. The lowest BCUT2D eigenvalue weighted by Crippen LogP contribution is -2.23. The lowest BCUT2D eigenvalue weighted by atomic mass is 10.1. The Kier molecular flexibility index (Phi) is 4.98. The molecule has 132 valence electrons. The summed E-state index contributed by atoms with van der Waals surface area (Å²) in [6.45, 7) is 3.92. The molecule has 0 bridgehead atoms. The number of anilines is 1. The molecule has 0 aliphatic heterocycles. The molecule has 1 aromatic heterocycles. The number of aryl methyl sites for hydroxylation is 2. The maximum atomic E-state index is 13.8. The van der Waals surface area contributed by atoms with Crippen LogP contribution in [0, 0.1) is 19.7 Å². The Balaban J connectivity index is 1.87. The van der Waals surface area contributed by atoms with Gasteiger partial charge in [-0.05, 0) is 43.2 Å². The number of carbonyl (C=O) groups is 1. The standard InChI is InChI=1S/C21H19FN2O2/c1-14-7-8-15(2)19(11-14)23-21(26)17-9-10-20(25)24(13-17)12-16-5-3-4-6-18(16)22/h3-11,13H,12H2,1-2H3,(H,23,26). The van der Waals surface area contributed by atoms with Gasteiger partial charge in [0.25, 0.3) is 11.5 Å². The Labute approximate surface area is 150 Å². The van der Waals surface area contributed by atoms with Crippen molar-refractivity contribution >= 4 is 11.6 Å². The number of nitrogens with one attached hydrogen (secondary N) is 1. The molecular formula is C21H19FN2O2. The lowest BCUT2D eigenvalue weighted by Gasteiger charge is -2.11. The lowest BCUT2D eigenvalue weighted by molar-refractivity contribution is 0.102. The molecule has 5 heteroatoms. The average Bonchev–Trinajstić information content (AvgIpc) is 2.62. The Hall–Kier alpha value is -3.21. The molecule has 3 rings (SSSR count). The van der Waals surface area contributed by atoms with Gasteiger partial charge in [-0.2, -0.15) is 0 Å². The van der Waals surface area contributed by atoms with Gasteiger partial charge in [0, 0.05) is 23.5 Å². The highest BCUT2D eigenvalue weighted by atomic mass is 19.1. The molecule has 3 aromatic rings. The predicted octanol–water partition coefficient (Wildman–Crippen LogP) is 3.90. The first-order valence-corrected chi connectivity index (χ1v) is 8.26. The second kappa shape index (κ2) is 7.35. The molecule has 0 fully saturated rings. The number of hydrogen-bond acceptors (Lipinski definition) is 2. The molecule has 1 N–H and O–H groups in total. The minimum Gasteiger partial charge on any atom is -0.322 e. The van der Waals surface area contributed by atoms with Crippen LogP contribution in [0.3, 0.4) is 0 Å². The first-order chi connectivity index (χ1) is 12.4. The van der Waals surface area contributed by atoms with Crippen LogP contribution in [0.15, 0.2) is 65.6 Å². The van der Waals surface area contributed by atoms with Crippen molar-refractivity contribution in [1.82, 2.24) is 4.57 Å². The number of rotatable bonds is 4. The van der Waals surface area contributed by atoms with E-state index in [9.17, 15) is 14.0 Å². The van der Waals surface area contributed by atoms with Gasteiger partial charge in [0.15, 0.2) is 0 Å². The van der Waals surface area contributed by atoms with E-state index in [1.807, 2.05) is 32.0 Å². The van der Waals surface area contributed by atoms with Crippen LogP contribution in [0.4, 0.5) is 10.1 Å². The van der Waals surface area contributed by atoms with E-state index in [4.69, 9.17) is 0 Å². The smallest absolute Gasteiger partial charge is 0.257 e. The van der Waals surface area contributed by atoms with Crippen LogP contribution in [-0.4, -0.2) is 10.5 Å². The topological polar surface area (TPSA) is 51.1 Å². The van der Waals surface area contributed by atoms with Crippen LogP contribution >= 0.6 is 0 Å². The fraction of sp³-hybridized carbons (Fsp3) is 0.143. The highest BCUT2D eigenvalue weighted by Crippen LogP contribution is 2.17. The molecule has 1 heterocycles. The zero-order valence-electron chi connectivity index (χ0n) is 14.6. The largest absolute Gasteiger partial charge is 0.322 e. The van der Waals surface area contributed by atoms with Crippen LogP contribution < -0.4 is 10.9 Å². The van der Waals surface area contributed by atoms with Gasteiger partial charge < -0.3 is 9.88 Å². The Bertz CT molecular complexity index is 1020. The third-order valence-corrected chi connectivity index (χ3v) is 4.19. The summed E-state index contributed by atoms with van der Waals surface area (Å²) < 4.78 is 15.2. The highest BCUT2D eigenvalue weighted by Gasteiger charge is 2.11. The van der Waals surface area contributed by atoms with E-state index in [-0.39, 0.29) is 23.8 Å². The second-order valence-electron chi connectivity index (χ2n) is 6.25. The monoisotopic (exact) mass is 350 g/mol. The maximum Gasteiger partial charge on any atom is 0.257 e. The van der Waals surface area contributed by atoms with Gasteiger partial charge in [0.2, 0.25) is 0 Å². The van der Waals surface area contributed by atoms with Gasteiger partial charge in [0.1, 0.15) is 5.82 Å². The van der Waals surface area contributed by atoms with Gasteiger partial charge in [-0.15, -0.1) is 0 Å². The van der Waals surface area contributed by atoms with Crippen LogP contribution in [0.5, 0.6) is 0 Å². The Morgan fingerprint density at radius 1 is 1.08 bits per heavy atom. The molecule has 0 saturated heterocycles. The molecule has 0 aliphatic carbocycles. The summed E-state index contributed by atoms with van der Waals surface area (Å²) in [5, 5.41) is 2.86. The van der Waals surface area contributed by atoms with Crippen molar-refractivity contribution in [2.45, 2.75) is 20.4 Å². The normalized spacial score (nSPS) is 10.6. The summed E-state index contributed by atoms with van der Waals surface area (Å²) in [6, 6.07) is 14.9. The van der Waals surface area contributed by atoms with E-state index in [1.165, 1.54) is 29.0 Å². The van der Waals surface area contributed by atoms with Crippen LogP contribution in [-0.2, 0) is 6.54 Å². The second-order valence-corrected chi connectivity index (χ2v) is 6.25. The van der Waals surface area contributed by atoms with E-state index in [0.717, 1.165) is 16.8 Å². The molecule has 0 radical (unpaired) electrons. The quantitative estimate of drug-likeness (QED) is 0.776. The van der Waals surface area contributed by atoms with E-state index >= 15 is 0 Å². The van der Waals surface area contributed by atoms with Gasteiger partial charge in [-0.3, -0.25) is 9.59 Å². The average molecular weight is 350 g/mol. The Morgan fingerprint density at radius 2 is 1.85 bits per heavy atom. The molecule has 26 heavy (non-hydrogen) atoms. The van der Waals surface area contributed by atoms with Crippen LogP contribution in [0.1, 0.15) is 27.0 Å². The number of benzene rings is 2. The molecule has 0 spiro atoms. The fourth-order valence-electron chi connectivity index (χ4n) is 2.66. The predicted molar refractivity (Wildman–Crippen MR) is 100 cm³/mol. The number of hydrogen-bond donors (Lipinski definition) is 1. The molecule has 2 aromatic carbocycles. The molecule has 0 atom stereocenters. The number of carbonyl (C=O) groups excluding carboxylic acids is 1. The fourth-order valence-corrected chi connectivity index (χ4v) is 2.66. The molecule has 1 amide bonds. The summed E-state index contributed by atoms with van der Waals surface area (Å²) in [7, 11) is 0. The van der Waals surface area contributed by atoms with E-state index in [1.54, 1.807) is 18.2 Å². The van der Waals surface area contributed by atoms with E-state index in [2.05, 4.69) is 5.32 Å². The number of halogens is 1. The van der Waals surface area contributed by atoms with Crippen LogP contribution in [0.25, 0.3) is 0 Å². The molecular weight excluding hydrogens is 331 g/mol. The summed E-state index contributed by atoms with van der Waals surface area (Å²) in [4.78, 5) is 24.6. The van der Waals surface area contributed by atoms with Crippen molar-refractivity contribution < 1.29 is 9.18 Å². The molecule has 0 unspecified atom stereocenters. The number of amides is 1. The minimum absolute atomic E-state index is 0.0656. The summed E-state index contributed by atoms with van der Waals surface area (Å²) in [5.74, 6) is -0.703. The summed E-state index contributed by atoms with van der Waals surface area (Å²) >= 11 is 0. The third kappa shape index (κ3) is 3.88. The van der Waals surface area contributed by atoms with E-state index in [0.29, 0.717) is 11.1 Å². The van der Waals surface area contributed by atoms with Gasteiger partial charge in [-0.1, -0.05) is 30.3 Å². The molecule has 4 nitrogen and oxygen atoms in total. The highest BCUT2D eigenvalue weighted by molar-refractivity contribution is 6.04. The first-order valence-electron chi connectivity index (χ1n) is 8.26. The minimum atomic E-state index is -0.385. The molecule has 0 aliphatic rings. The molecule has 0 saturated carbocycles. The van der Waals surface area contributed by atoms with Crippen molar-refractivity contribution in [3.8, 4) is 0 Å².